The normalized spacial score (nSPS) is 11.7. The molecule has 1 rings (SSSR count). The van der Waals surface area contributed by atoms with Gasteiger partial charge in [-0.1, -0.05) is 13.5 Å². The van der Waals surface area contributed by atoms with E-state index in [-0.39, 0.29) is 5.54 Å². The molecule has 1 aromatic rings. The van der Waals surface area contributed by atoms with E-state index in [1.165, 1.54) is 10.6 Å². The van der Waals surface area contributed by atoms with Crippen molar-refractivity contribution < 1.29 is 0 Å². The summed E-state index contributed by atoms with van der Waals surface area (Å²) in [6.45, 7) is 12.7. The molecule has 2 heteroatoms. The molecular weight excluding hydrogens is 190 g/mol. The highest BCUT2D eigenvalue weighted by Crippen LogP contribution is 2.29. The van der Waals surface area contributed by atoms with Crippen LogP contribution in [0.3, 0.4) is 0 Å². The molecule has 0 aliphatic rings. The first-order valence-corrected chi connectivity index (χ1v) is 5.96. The van der Waals surface area contributed by atoms with Crippen molar-refractivity contribution in [3.8, 4) is 0 Å². The maximum Gasteiger partial charge on any atom is 0.0543 e. The van der Waals surface area contributed by atoms with E-state index in [0.717, 1.165) is 5.75 Å². The number of rotatable bonds is 3. The quantitative estimate of drug-likeness (QED) is 0.681. The minimum absolute atomic E-state index is 0.135. The van der Waals surface area contributed by atoms with E-state index in [1.807, 2.05) is 17.8 Å². The predicted molar refractivity (Wildman–Crippen MR) is 65.9 cm³/mol. The fraction of sp³-hybridized carbons (Fsp3) is 0.500. The fourth-order valence-electron chi connectivity index (χ4n) is 1.49. The van der Waals surface area contributed by atoms with Crippen LogP contribution in [0.1, 0.15) is 33.4 Å². The standard InChI is InChI=1S/C12H19NS/c1-6-10-11(14-7-2)8-9-13(10)12(3,4)5/h6,8-9H,1,7H2,2-5H3. The van der Waals surface area contributed by atoms with Crippen molar-refractivity contribution in [2.75, 3.05) is 5.75 Å². The molecule has 0 aliphatic carbocycles. The lowest BCUT2D eigenvalue weighted by Gasteiger charge is -2.23. The van der Waals surface area contributed by atoms with Gasteiger partial charge in [0.25, 0.3) is 0 Å². The van der Waals surface area contributed by atoms with Gasteiger partial charge in [-0.2, -0.15) is 0 Å². The second kappa shape index (κ2) is 4.26. The molecule has 0 saturated heterocycles. The maximum absolute atomic E-state index is 3.89. The summed E-state index contributed by atoms with van der Waals surface area (Å²) in [5, 5.41) is 0. The van der Waals surface area contributed by atoms with Gasteiger partial charge >= 0.3 is 0 Å². The molecule has 1 heterocycles. The largest absolute Gasteiger partial charge is 0.342 e. The van der Waals surface area contributed by atoms with Crippen molar-refractivity contribution in [3.05, 3.63) is 24.5 Å². The van der Waals surface area contributed by atoms with Gasteiger partial charge in [0.1, 0.15) is 0 Å². The maximum atomic E-state index is 3.89. The van der Waals surface area contributed by atoms with Crippen LogP contribution in [0.15, 0.2) is 23.7 Å². The van der Waals surface area contributed by atoms with Crippen LogP contribution in [0.5, 0.6) is 0 Å². The van der Waals surface area contributed by atoms with Crippen LogP contribution in [0, 0.1) is 0 Å². The number of hydrogen-bond acceptors (Lipinski definition) is 1. The summed E-state index contributed by atoms with van der Waals surface area (Å²) in [5.74, 6) is 1.11. The Morgan fingerprint density at radius 2 is 2.14 bits per heavy atom. The summed E-state index contributed by atoms with van der Waals surface area (Å²) in [6, 6.07) is 2.18. The van der Waals surface area contributed by atoms with Crippen LogP contribution in [0.2, 0.25) is 0 Å². The molecule has 1 aromatic heterocycles. The molecule has 0 fully saturated rings. The first kappa shape index (κ1) is 11.4. The van der Waals surface area contributed by atoms with Crippen molar-refractivity contribution >= 4 is 17.8 Å². The van der Waals surface area contributed by atoms with Crippen molar-refractivity contribution in [2.24, 2.45) is 0 Å². The van der Waals surface area contributed by atoms with Crippen molar-refractivity contribution in [3.63, 3.8) is 0 Å². The Morgan fingerprint density at radius 1 is 1.50 bits per heavy atom. The number of thioether (sulfide) groups is 1. The average Bonchev–Trinajstić information content (AvgIpc) is 2.47. The number of nitrogens with zero attached hydrogens (tertiary/aromatic N) is 1. The van der Waals surface area contributed by atoms with Gasteiger partial charge in [0, 0.05) is 16.6 Å². The SMILES string of the molecule is C=Cc1c(SCC)ccn1C(C)(C)C. The van der Waals surface area contributed by atoms with Gasteiger partial charge in [-0.25, -0.2) is 0 Å². The minimum Gasteiger partial charge on any atom is -0.342 e. The van der Waals surface area contributed by atoms with Crippen LogP contribution in [-0.2, 0) is 5.54 Å². The highest BCUT2D eigenvalue weighted by molar-refractivity contribution is 7.99. The zero-order valence-corrected chi connectivity index (χ0v) is 10.3. The zero-order valence-electron chi connectivity index (χ0n) is 9.50. The number of aromatic nitrogens is 1. The van der Waals surface area contributed by atoms with Gasteiger partial charge in [0.15, 0.2) is 0 Å². The van der Waals surface area contributed by atoms with Crippen LogP contribution >= 0.6 is 11.8 Å². The second-order valence-corrected chi connectivity index (χ2v) is 5.55. The van der Waals surface area contributed by atoms with Gasteiger partial charge in [0.05, 0.1) is 5.69 Å². The third kappa shape index (κ3) is 2.24. The Bertz CT molecular complexity index is 318. The molecule has 0 aliphatic heterocycles. The van der Waals surface area contributed by atoms with E-state index in [2.05, 4.69) is 51.1 Å². The molecule has 0 saturated carbocycles. The summed E-state index contributed by atoms with van der Waals surface area (Å²) in [6.07, 6.45) is 4.10. The molecule has 78 valence electrons. The molecule has 0 bridgehead atoms. The Hall–Kier alpha value is -0.630. The van der Waals surface area contributed by atoms with E-state index in [9.17, 15) is 0 Å². The lowest BCUT2D eigenvalue weighted by molar-refractivity contribution is 0.395. The van der Waals surface area contributed by atoms with E-state index >= 15 is 0 Å². The van der Waals surface area contributed by atoms with Crippen LogP contribution in [0.25, 0.3) is 6.08 Å². The Morgan fingerprint density at radius 3 is 2.57 bits per heavy atom. The lowest BCUT2D eigenvalue weighted by atomic mass is 10.1. The molecular formula is C12H19NS. The Labute approximate surface area is 91.2 Å². The summed E-state index contributed by atoms with van der Waals surface area (Å²) in [4.78, 5) is 1.33. The van der Waals surface area contributed by atoms with Crippen LogP contribution in [-0.4, -0.2) is 10.3 Å². The van der Waals surface area contributed by atoms with Crippen molar-refractivity contribution in [2.45, 2.75) is 38.1 Å². The molecule has 0 amide bonds. The monoisotopic (exact) mass is 209 g/mol. The van der Waals surface area contributed by atoms with E-state index < -0.39 is 0 Å². The van der Waals surface area contributed by atoms with E-state index in [1.54, 1.807) is 0 Å². The van der Waals surface area contributed by atoms with Crippen LogP contribution in [0.4, 0.5) is 0 Å². The lowest BCUT2D eigenvalue weighted by Crippen LogP contribution is -2.21. The fourth-order valence-corrected chi connectivity index (χ4v) is 2.29. The van der Waals surface area contributed by atoms with Gasteiger partial charge in [-0.3, -0.25) is 0 Å². The van der Waals surface area contributed by atoms with Crippen LogP contribution < -0.4 is 0 Å². The first-order chi connectivity index (χ1) is 6.50. The molecule has 0 spiro atoms. The van der Waals surface area contributed by atoms with Gasteiger partial charge in [0.2, 0.25) is 0 Å². The third-order valence-corrected chi connectivity index (χ3v) is 3.05. The summed E-state index contributed by atoms with van der Waals surface area (Å²) in [5.41, 5.74) is 1.38. The molecule has 0 unspecified atom stereocenters. The van der Waals surface area contributed by atoms with Gasteiger partial charge in [-0.05, 0) is 38.7 Å². The molecule has 0 aromatic carbocycles. The molecule has 0 atom stereocenters. The van der Waals surface area contributed by atoms with Crippen molar-refractivity contribution in [1.82, 2.24) is 4.57 Å². The molecule has 14 heavy (non-hydrogen) atoms. The highest BCUT2D eigenvalue weighted by atomic mass is 32.2. The first-order valence-electron chi connectivity index (χ1n) is 4.97. The van der Waals surface area contributed by atoms with Crippen molar-refractivity contribution in [1.29, 1.82) is 0 Å². The minimum atomic E-state index is 0.135. The van der Waals surface area contributed by atoms with Gasteiger partial charge < -0.3 is 4.57 Å². The molecule has 0 N–H and O–H groups in total. The van der Waals surface area contributed by atoms with E-state index in [4.69, 9.17) is 0 Å². The zero-order chi connectivity index (χ0) is 10.8. The smallest absolute Gasteiger partial charge is 0.0543 e. The summed E-state index contributed by atoms with van der Waals surface area (Å²) >= 11 is 1.87. The Kier molecular flexibility index (Phi) is 3.48. The highest BCUT2D eigenvalue weighted by Gasteiger charge is 2.16. The average molecular weight is 209 g/mol. The summed E-state index contributed by atoms with van der Waals surface area (Å²) < 4.78 is 2.28. The number of hydrogen-bond donors (Lipinski definition) is 0. The third-order valence-electron chi connectivity index (χ3n) is 2.10. The molecule has 0 radical (unpaired) electrons. The van der Waals surface area contributed by atoms with E-state index in [0.29, 0.717) is 0 Å². The van der Waals surface area contributed by atoms with Gasteiger partial charge in [-0.15, -0.1) is 11.8 Å². The molecule has 1 nitrogen and oxygen atoms in total. The predicted octanol–water partition coefficient (Wildman–Crippen LogP) is 4.00. The second-order valence-electron chi connectivity index (χ2n) is 4.24. The topological polar surface area (TPSA) is 4.93 Å². The Balaban J connectivity index is 3.14. The summed E-state index contributed by atoms with van der Waals surface area (Å²) in [7, 11) is 0.